The summed E-state index contributed by atoms with van der Waals surface area (Å²) in [5.74, 6) is 0. The van der Waals surface area contributed by atoms with E-state index in [-0.39, 0.29) is 0 Å². The second-order valence-corrected chi connectivity index (χ2v) is 6.36. The van der Waals surface area contributed by atoms with Crippen LogP contribution < -0.4 is 5.32 Å². The first-order valence-electron chi connectivity index (χ1n) is 4.99. The lowest BCUT2D eigenvalue weighted by Crippen LogP contribution is -2.00. The summed E-state index contributed by atoms with van der Waals surface area (Å²) in [7, 11) is 0. The summed E-state index contributed by atoms with van der Waals surface area (Å²) in [5, 5.41) is 6.61. The Morgan fingerprint density at radius 3 is 2.47 bits per heavy atom. The topological polar surface area (TPSA) is 12.0 Å². The van der Waals surface area contributed by atoms with Crippen LogP contribution in [0.25, 0.3) is 0 Å². The number of benzene rings is 1. The predicted molar refractivity (Wildman–Crippen MR) is 80.5 cm³/mol. The highest BCUT2D eigenvalue weighted by Gasteiger charge is 2.08. The Morgan fingerprint density at radius 1 is 1.29 bits per heavy atom. The standard InChI is InChI=1S/C12H10BrCl2NS/c1-7-2-3-17-11(7)6-16-12-9(14)4-8(13)5-10(12)15/h2-5,16H,6H2,1H3. The number of hydrogen-bond donors (Lipinski definition) is 1. The van der Waals surface area contributed by atoms with Crippen LogP contribution >= 0.6 is 50.5 Å². The van der Waals surface area contributed by atoms with E-state index in [0.717, 1.165) is 16.7 Å². The molecule has 1 nitrogen and oxygen atoms in total. The number of rotatable bonds is 3. The van der Waals surface area contributed by atoms with E-state index in [1.807, 2.05) is 12.1 Å². The van der Waals surface area contributed by atoms with E-state index in [9.17, 15) is 0 Å². The van der Waals surface area contributed by atoms with Gasteiger partial charge in [-0.15, -0.1) is 11.3 Å². The second kappa shape index (κ2) is 5.61. The fraction of sp³-hybridized carbons (Fsp3) is 0.167. The van der Waals surface area contributed by atoms with Gasteiger partial charge in [0.2, 0.25) is 0 Å². The molecule has 0 spiro atoms. The van der Waals surface area contributed by atoms with Gasteiger partial charge in [-0.25, -0.2) is 0 Å². The molecule has 1 N–H and O–H groups in total. The van der Waals surface area contributed by atoms with Crippen LogP contribution in [-0.4, -0.2) is 0 Å². The summed E-state index contributed by atoms with van der Waals surface area (Å²) in [6, 6.07) is 5.76. The predicted octanol–water partition coefficient (Wildman–Crippen LogP) is 5.74. The number of hydrogen-bond acceptors (Lipinski definition) is 2. The molecule has 1 heterocycles. The SMILES string of the molecule is Cc1ccsc1CNc1c(Cl)cc(Br)cc1Cl. The Kier molecular flexibility index (Phi) is 4.36. The molecular formula is C12H10BrCl2NS. The van der Waals surface area contributed by atoms with Crippen molar-refractivity contribution in [2.75, 3.05) is 5.32 Å². The van der Waals surface area contributed by atoms with Crippen LogP contribution in [-0.2, 0) is 6.54 Å². The van der Waals surface area contributed by atoms with Crippen molar-refractivity contribution in [3.63, 3.8) is 0 Å². The number of aryl methyl sites for hydroxylation is 1. The van der Waals surface area contributed by atoms with Gasteiger partial charge in [-0.2, -0.15) is 0 Å². The molecule has 2 aromatic rings. The largest absolute Gasteiger partial charge is 0.378 e. The summed E-state index contributed by atoms with van der Waals surface area (Å²) < 4.78 is 0.880. The number of thiophene rings is 1. The van der Waals surface area contributed by atoms with Gasteiger partial charge in [-0.05, 0) is 36.1 Å². The van der Waals surface area contributed by atoms with Crippen molar-refractivity contribution in [1.82, 2.24) is 0 Å². The lowest BCUT2D eigenvalue weighted by Gasteiger charge is -2.10. The van der Waals surface area contributed by atoms with Gasteiger partial charge in [0.05, 0.1) is 15.7 Å². The molecule has 0 fully saturated rings. The van der Waals surface area contributed by atoms with Gasteiger partial charge in [0.1, 0.15) is 0 Å². The minimum atomic E-state index is 0.624. The molecule has 0 atom stereocenters. The maximum Gasteiger partial charge on any atom is 0.0722 e. The fourth-order valence-electron chi connectivity index (χ4n) is 1.46. The number of halogens is 3. The van der Waals surface area contributed by atoms with E-state index in [4.69, 9.17) is 23.2 Å². The summed E-state index contributed by atoms with van der Waals surface area (Å²) >= 11 is 17.4. The van der Waals surface area contributed by atoms with Crippen LogP contribution in [0.5, 0.6) is 0 Å². The first kappa shape index (κ1) is 13.2. The molecule has 0 bridgehead atoms. The van der Waals surface area contributed by atoms with E-state index in [1.165, 1.54) is 10.4 Å². The van der Waals surface area contributed by atoms with Crippen LogP contribution in [0.15, 0.2) is 28.1 Å². The normalized spacial score (nSPS) is 10.6. The first-order chi connectivity index (χ1) is 8.08. The molecule has 2 rings (SSSR count). The molecule has 0 amide bonds. The quantitative estimate of drug-likeness (QED) is 0.744. The molecule has 0 aliphatic rings. The summed E-state index contributed by atoms with van der Waals surface area (Å²) in [6.45, 7) is 2.84. The van der Waals surface area contributed by atoms with Gasteiger partial charge in [-0.1, -0.05) is 39.1 Å². The van der Waals surface area contributed by atoms with Gasteiger partial charge >= 0.3 is 0 Å². The Labute approximate surface area is 123 Å². The van der Waals surface area contributed by atoms with E-state index in [1.54, 1.807) is 11.3 Å². The van der Waals surface area contributed by atoms with Crippen LogP contribution in [0, 0.1) is 6.92 Å². The van der Waals surface area contributed by atoms with Crippen LogP contribution in [0.2, 0.25) is 10.0 Å². The van der Waals surface area contributed by atoms with Gasteiger partial charge in [0.15, 0.2) is 0 Å². The molecule has 0 radical (unpaired) electrons. The zero-order valence-electron chi connectivity index (χ0n) is 9.06. The van der Waals surface area contributed by atoms with Crippen LogP contribution in [0.3, 0.4) is 0 Å². The number of anilines is 1. The highest BCUT2D eigenvalue weighted by molar-refractivity contribution is 9.10. The maximum absolute atomic E-state index is 6.14. The molecule has 90 valence electrons. The monoisotopic (exact) mass is 349 g/mol. The minimum absolute atomic E-state index is 0.624. The molecule has 0 unspecified atom stereocenters. The fourth-order valence-corrected chi connectivity index (χ4v) is 3.65. The molecule has 1 aromatic heterocycles. The third-order valence-corrected chi connectivity index (χ3v) is 4.48. The molecule has 0 aliphatic heterocycles. The van der Waals surface area contributed by atoms with E-state index >= 15 is 0 Å². The third-order valence-electron chi connectivity index (χ3n) is 2.40. The highest BCUT2D eigenvalue weighted by atomic mass is 79.9. The smallest absolute Gasteiger partial charge is 0.0722 e. The lowest BCUT2D eigenvalue weighted by atomic mass is 10.2. The summed E-state index contributed by atoms with van der Waals surface area (Å²) in [4.78, 5) is 1.29. The number of nitrogens with one attached hydrogen (secondary N) is 1. The maximum atomic E-state index is 6.14. The van der Waals surface area contributed by atoms with Crippen molar-refractivity contribution in [2.45, 2.75) is 13.5 Å². The zero-order chi connectivity index (χ0) is 12.4. The second-order valence-electron chi connectivity index (χ2n) is 3.62. The Morgan fingerprint density at radius 2 is 1.94 bits per heavy atom. The summed E-state index contributed by atoms with van der Waals surface area (Å²) in [5.41, 5.74) is 2.07. The van der Waals surface area contributed by atoms with Crippen molar-refractivity contribution in [1.29, 1.82) is 0 Å². The van der Waals surface area contributed by atoms with Crippen molar-refractivity contribution in [3.05, 3.63) is 48.5 Å². The Bertz CT molecular complexity index is 516. The van der Waals surface area contributed by atoms with Crippen LogP contribution in [0.1, 0.15) is 10.4 Å². The van der Waals surface area contributed by atoms with Crippen LogP contribution in [0.4, 0.5) is 5.69 Å². The Balaban J connectivity index is 2.17. The van der Waals surface area contributed by atoms with Crippen molar-refractivity contribution in [2.24, 2.45) is 0 Å². The summed E-state index contributed by atoms with van der Waals surface area (Å²) in [6.07, 6.45) is 0. The van der Waals surface area contributed by atoms with Gasteiger partial charge in [0, 0.05) is 15.9 Å². The molecular weight excluding hydrogens is 341 g/mol. The lowest BCUT2D eigenvalue weighted by molar-refractivity contribution is 1.17. The van der Waals surface area contributed by atoms with Gasteiger partial charge < -0.3 is 5.32 Å². The van der Waals surface area contributed by atoms with Crippen molar-refractivity contribution >= 4 is 56.2 Å². The molecule has 0 saturated heterocycles. The highest BCUT2D eigenvalue weighted by Crippen LogP contribution is 2.34. The third kappa shape index (κ3) is 3.16. The zero-order valence-corrected chi connectivity index (χ0v) is 13.0. The molecule has 0 saturated carbocycles. The van der Waals surface area contributed by atoms with Crippen molar-refractivity contribution in [3.8, 4) is 0 Å². The van der Waals surface area contributed by atoms with E-state index in [2.05, 4.69) is 39.6 Å². The Hall–Kier alpha value is -0.220. The minimum Gasteiger partial charge on any atom is -0.378 e. The van der Waals surface area contributed by atoms with E-state index in [0.29, 0.717) is 10.0 Å². The average Bonchev–Trinajstić information content (AvgIpc) is 2.62. The first-order valence-corrected chi connectivity index (χ1v) is 7.42. The van der Waals surface area contributed by atoms with Crippen molar-refractivity contribution < 1.29 is 0 Å². The van der Waals surface area contributed by atoms with E-state index < -0.39 is 0 Å². The molecule has 1 aromatic carbocycles. The van der Waals surface area contributed by atoms with Gasteiger partial charge in [0.25, 0.3) is 0 Å². The average molecular weight is 351 g/mol. The van der Waals surface area contributed by atoms with Gasteiger partial charge in [-0.3, -0.25) is 0 Å². The molecule has 0 aliphatic carbocycles. The molecule has 5 heteroatoms. The molecule has 17 heavy (non-hydrogen) atoms.